The van der Waals surface area contributed by atoms with Crippen molar-refractivity contribution in [3.05, 3.63) is 35.9 Å². The van der Waals surface area contributed by atoms with E-state index in [1.807, 2.05) is 13.0 Å². The minimum atomic E-state index is -2.80. The van der Waals surface area contributed by atoms with Crippen LogP contribution in [0.5, 0.6) is 5.75 Å². The van der Waals surface area contributed by atoms with E-state index in [4.69, 9.17) is 4.74 Å². The Balaban J connectivity index is 1.53. The molecule has 3 N–H and O–H groups in total. The van der Waals surface area contributed by atoms with Crippen molar-refractivity contribution < 1.29 is 18.3 Å². The highest BCUT2D eigenvalue weighted by atomic mass is 19.3. The Labute approximate surface area is 192 Å². The normalized spacial score (nSPS) is 13.5. The zero-order valence-electron chi connectivity index (χ0n) is 18.7. The van der Waals surface area contributed by atoms with Crippen molar-refractivity contribution in [1.29, 1.82) is 0 Å². The van der Waals surface area contributed by atoms with E-state index >= 15 is 0 Å². The Kier molecular flexibility index (Phi) is 5.34. The van der Waals surface area contributed by atoms with Gasteiger partial charge < -0.3 is 20.4 Å². The molecule has 3 aromatic heterocycles. The topological polar surface area (TPSA) is 123 Å². The first-order valence-electron chi connectivity index (χ1n) is 10.6. The minimum absolute atomic E-state index is 0.0378. The lowest BCUT2D eigenvalue weighted by Gasteiger charge is -2.14. The van der Waals surface area contributed by atoms with Crippen LogP contribution in [0.4, 0.5) is 26.0 Å². The van der Waals surface area contributed by atoms with E-state index in [-0.39, 0.29) is 28.8 Å². The quantitative estimate of drug-likeness (QED) is 0.373. The smallest absolute Gasteiger partial charge is 0.295 e. The summed E-state index contributed by atoms with van der Waals surface area (Å²) >= 11 is 0. The maximum atomic E-state index is 13.3. The van der Waals surface area contributed by atoms with Gasteiger partial charge in [-0.05, 0) is 38.0 Å². The third kappa shape index (κ3) is 4.14. The average Bonchev–Trinajstić information content (AvgIpc) is 3.47. The first-order valence-corrected chi connectivity index (χ1v) is 10.6. The lowest BCUT2D eigenvalue weighted by molar-refractivity contribution is -0.117. The van der Waals surface area contributed by atoms with E-state index in [1.165, 1.54) is 7.11 Å². The summed E-state index contributed by atoms with van der Waals surface area (Å²) in [4.78, 5) is 27.5. The van der Waals surface area contributed by atoms with Gasteiger partial charge in [-0.2, -0.15) is 5.10 Å². The lowest BCUT2D eigenvalue weighted by atomic mass is 10.1. The SMILES string of the molecule is COc1cc(-c2nc(C)nn2C)ccc1Nc1cc(NC(=O)C2CC2)nc2[nH]c(C(F)F)nc12. The molecule has 1 amide bonds. The molecule has 34 heavy (non-hydrogen) atoms. The molecule has 0 unspecified atom stereocenters. The van der Waals surface area contributed by atoms with Crippen molar-refractivity contribution in [1.82, 2.24) is 29.7 Å². The summed E-state index contributed by atoms with van der Waals surface area (Å²) in [5.41, 5.74) is 2.10. The first kappa shape index (κ1) is 21.7. The monoisotopic (exact) mass is 468 g/mol. The van der Waals surface area contributed by atoms with Crippen LogP contribution in [-0.2, 0) is 11.8 Å². The molecule has 1 saturated carbocycles. The van der Waals surface area contributed by atoms with Gasteiger partial charge in [0.25, 0.3) is 6.43 Å². The Morgan fingerprint density at radius 1 is 1.21 bits per heavy atom. The number of aromatic amines is 1. The second-order valence-electron chi connectivity index (χ2n) is 8.08. The van der Waals surface area contributed by atoms with Crippen molar-refractivity contribution in [3.8, 4) is 17.1 Å². The minimum Gasteiger partial charge on any atom is -0.495 e. The highest BCUT2D eigenvalue weighted by molar-refractivity contribution is 5.97. The molecule has 0 bridgehead atoms. The van der Waals surface area contributed by atoms with E-state index in [1.54, 1.807) is 29.9 Å². The molecule has 12 heteroatoms. The standard InChI is InChI=1S/C22H22F2N8O2/c1-10-25-21(32(2)31-10)12-6-7-13(15(8-12)34-3)26-14-9-16(28-22(33)11-4-5-11)27-19-17(14)29-20(30-19)18(23)24/h6-9,11,18H,4-5H2,1-3H3,(H3,26,27,28,29,30,33). The van der Waals surface area contributed by atoms with Crippen molar-refractivity contribution in [2.24, 2.45) is 13.0 Å². The Bertz CT molecular complexity index is 1390. The molecule has 0 atom stereocenters. The van der Waals surface area contributed by atoms with Gasteiger partial charge in [0, 0.05) is 24.6 Å². The molecular weight excluding hydrogens is 446 g/mol. The first-order chi connectivity index (χ1) is 16.3. The van der Waals surface area contributed by atoms with E-state index in [9.17, 15) is 13.6 Å². The van der Waals surface area contributed by atoms with Crippen molar-refractivity contribution >= 4 is 34.3 Å². The molecule has 0 saturated heterocycles. The van der Waals surface area contributed by atoms with Crippen LogP contribution in [0, 0.1) is 12.8 Å². The number of benzene rings is 1. The number of imidazole rings is 1. The molecule has 10 nitrogen and oxygen atoms in total. The van der Waals surface area contributed by atoms with Crippen LogP contribution in [0.15, 0.2) is 24.3 Å². The fourth-order valence-electron chi connectivity index (χ4n) is 3.69. The summed E-state index contributed by atoms with van der Waals surface area (Å²) in [5.74, 6) is 1.37. The molecule has 5 rings (SSSR count). The number of aryl methyl sites for hydroxylation is 2. The van der Waals surface area contributed by atoms with Crippen LogP contribution in [0.1, 0.15) is 30.9 Å². The largest absolute Gasteiger partial charge is 0.495 e. The Hall–Kier alpha value is -4.09. The van der Waals surface area contributed by atoms with Crippen molar-refractivity contribution in [3.63, 3.8) is 0 Å². The molecule has 4 aromatic rings. The number of H-pyrrole nitrogens is 1. The number of nitrogens with zero attached hydrogens (tertiary/aromatic N) is 5. The van der Waals surface area contributed by atoms with Gasteiger partial charge in [0.1, 0.15) is 22.9 Å². The molecule has 0 radical (unpaired) electrons. The molecule has 1 fully saturated rings. The maximum Gasteiger partial charge on any atom is 0.295 e. The van der Waals surface area contributed by atoms with Crippen molar-refractivity contribution in [2.45, 2.75) is 26.2 Å². The number of halogens is 2. The molecule has 3 heterocycles. The number of amides is 1. The fourth-order valence-corrected chi connectivity index (χ4v) is 3.69. The number of hydrogen-bond donors (Lipinski definition) is 3. The van der Waals surface area contributed by atoms with Crippen LogP contribution in [0.2, 0.25) is 0 Å². The van der Waals surface area contributed by atoms with Gasteiger partial charge in [-0.15, -0.1) is 0 Å². The number of fused-ring (bicyclic) bond motifs is 1. The van der Waals surface area contributed by atoms with Gasteiger partial charge in [0.15, 0.2) is 17.3 Å². The fraction of sp³-hybridized carbons (Fsp3) is 0.318. The van der Waals surface area contributed by atoms with Gasteiger partial charge >= 0.3 is 0 Å². The molecule has 1 aliphatic rings. The Morgan fingerprint density at radius 3 is 2.65 bits per heavy atom. The summed E-state index contributed by atoms with van der Waals surface area (Å²) in [6.45, 7) is 1.81. The molecule has 0 aliphatic heterocycles. The highest BCUT2D eigenvalue weighted by Crippen LogP contribution is 2.36. The predicted molar refractivity (Wildman–Crippen MR) is 121 cm³/mol. The van der Waals surface area contributed by atoms with Crippen LogP contribution >= 0.6 is 0 Å². The van der Waals surface area contributed by atoms with E-state index < -0.39 is 12.2 Å². The van der Waals surface area contributed by atoms with E-state index in [0.717, 1.165) is 18.4 Å². The molecule has 1 aliphatic carbocycles. The summed E-state index contributed by atoms with van der Waals surface area (Å²) < 4.78 is 33.8. The number of nitrogens with one attached hydrogen (secondary N) is 3. The highest BCUT2D eigenvalue weighted by Gasteiger charge is 2.30. The summed E-state index contributed by atoms with van der Waals surface area (Å²) in [7, 11) is 3.33. The number of rotatable bonds is 7. The van der Waals surface area contributed by atoms with Crippen molar-refractivity contribution in [2.75, 3.05) is 17.7 Å². The summed E-state index contributed by atoms with van der Waals surface area (Å²) in [6.07, 6.45) is -1.14. The lowest BCUT2D eigenvalue weighted by Crippen LogP contribution is -2.14. The predicted octanol–water partition coefficient (Wildman–Crippen LogP) is 4.10. The summed E-state index contributed by atoms with van der Waals surface area (Å²) in [5, 5.41) is 10.2. The van der Waals surface area contributed by atoms with Crippen LogP contribution in [0.3, 0.4) is 0 Å². The van der Waals surface area contributed by atoms with Gasteiger partial charge in [-0.3, -0.25) is 4.79 Å². The third-order valence-electron chi connectivity index (χ3n) is 5.48. The number of ether oxygens (including phenoxy) is 1. The number of carbonyl (C=O) groups is 1. The second kappa shape index (κ2) is 8.36. The maximum absolute atomic E-state index is 13.3. The van der Waals surface area contributed by atoms with E-state index in [2.05, 4.69) is 35.7 Å². The van der Waals surface area contributed by atoms with Crippen LogP contribution in [-0.4, -0.2) is 42.7 Å². The van der Waals surface area contributed by atoms with Gasteiger partial charge in [-0.1, -0.05) is 0 Å². The number of anilines is 3. The number of aromatic nitrogens is 6. The number of methoxy groups -OCH3 is 1. The van der Waals surface area contributed by atoms with Gasteiger partial charge in [0.2, 0.25) is 5.91 Å². The summed E-state index contributed by atoms with van der Waals surface area (Å²) in [6, 6.07) is 7.00. The molecule has 0 spiro atoms. The van der Waals surface area contributed by atoms with E-state index in [0.29, 0.717) is 28.8 Å². The molecule has 176 valence electrons. The number of carbonyl (C=O) groups excluding carboxylic acids is 1. The molecule has 1 aromatic carbocycles. The van der Waals surface area contributed by atoms with Crippen LogP contribution < -0.4 is 15.4 Å². The van der Waals surface area contributed by atoms with Crippen LogP contribution in [0.25, 0.3) is 22.6 Å². The molecular formula is C22H22F2N8O2. The third-order valence-corrected chi connectivity index (χ3v) is 5.48. The number of alkyl halides is 2. The average molecular weight is 468 g/mol. The zero-order chi connectivity index (χ0) is 24.0. The second-order valence-corrected chi connectivity index (χ2v) is 8.08. The number of pyridine rings is 1. The van der Waals surface area contributed by atoms with Gasteiger partial charge in [-0.25, -0.2) is 28.4 Å². The Morgan fingerprint density at radius 2 is 2.00 bits per heavy atom. The van der Waals surface area contributed by atoms with Gasteiger partial charge in [0.05, 0.1) is 18.5 Å². The zero-order valence-corrected chi connectivity index (χ0v) is 18.7. The number of hydrogen-bond acceptors (Lipinski definition) is 7.